The molecule has 0 aliphatic carbocycles. The lowest BCUT2D eigenvalue weighted by Gasteiger charge is -2.37. The van der Waals surface area contributed by atoms with Crippen molar-refractivity contribution in [3.8, 4) is 0 Å². The number of hydrogen-bond acceptors (Lipinski definition) is 6. The number of carbonyl (C=O) groups excluding carboxylic acids is 1. The minimum atomic E-state index is -0.527. The van der Waals surface area contributed by atoms with Crippen LogP contribution in [0.1, 0.15) is 24.0 Å². The van der Waals surface area contributed by atoms with Crippen LogP contribution in [0.5, 0.6) is 0 Å². The third kappa shape index (κ3) is 5.35. The summed E-state index contributed by atoms with van der Waals surface area (Å²) in [5.41, 5.74) is 2.60. The highest BCUT2D eigenvalue weighted by atomic mass is 35.5. The number of amides is 1. The SMILES string of the molecule is O=C(NCc1ccccc1)C(C1=COCO1)N1CCC(Nc2cccc(Cl)c2CO)CC1. The zero-order valence-electron chi connectivity index (χ0n) is 17.8. The first kappa shape index (κ1) is 22.5. The van der Waals surface area contributed by atoms with Gasteiger partial charge in [0, 0.05) is 41.9 Å². The third-order valence-electron chi connectivity index (χ3n) is 5.85. The van der Waals surface area contributed by atoms with Gasteiger partial charge in [-0.15, -0.1) is 0 Å². The highest BCUT2D eigenvalue weighted by Gasteiger charge is 2.35. The van der Waals surface area contributed by atoms with Gasteiger partial charge < -0.3 is 25.2 Å². The van der Waals surface area contributed by atoms with E-state index in [-0.39, 0.29) is 25.3 Å². The monoisotopic (exact) mass is 457 g/mol. The Morgan fingerprint density at radius 1 is 1.16 bits per heavy atom. The van der Waals surface area contributed by atoms with Crippen LogP contribution < -0.4 is 10.6 Å². The fourth-order valence-electron chi connectivity index (χ4n) is 4.13. The van der Waals surface area contributed by atoms with Crippen molar-refractivity contribution in [1.82, 2.24) is 10.2 Å². The summed E-state index contributed by atoms with van der Waals surface area (Å²) in [6, 6.07) is 15.1. The Hall–Kier alpha value is -2.74. The summed E-state index contributed by atoms with van der Waals surface area (Å²) < 4.78 is 10.8. The predicted octanol–water partition coefficient (Wildman–Crippen LogP) is 3.24. The maximum Gasteiger partial charge on any atom is 0.245 e. The molecule has 0 saturated carbocycles. The number of carbonyl (C=O) groups is 1. The molecule has 0 spiro atoms. The van der Waals surface area contributed by atoms with Crippen molar-refractivity contribution in [3.63, 3.8) is 0 Å². The molecule has 32 heavy (non-hydrogen) atoms. The molecule has 170 valence electrons. The van der Waals surface area contributed by atoms with E-state index in [2.05, 4.69) is 15.5 Å². The Balaban J connectivity index is 1.38. The predicted molar refractivity (Wildman–Crippen MR) is 123 cm³/mol. The Labute approximate surface area is 193 Å². The van der Waals surface area contributed by atoms with Crippen LogP contribution in [0.15, 0.2) is 60.6 Å². The Morgan fingerprint density at radius 3 is 2.62 bits per heavy atom. The Kier molecular flexibility index (Phi) is 7.52. The highest BCUT2D eigenvalue weighted by Crippen LogP contribution is 2.28. The van der Waals surface area contributed by atoms with Crippen LogP contribution in [0, 0.1) is 0 Å². The summed E-state index contributed by atoms with van der Waals surface area (Å²) in [5.74, 6) is 0.439. The number of likely N-dealkylation sites (tertiary alicyclic amines) is 1. The van der Waals surface area contributed by atoms with Crippen molar-refractivity contribution < 1.29 is 19.4 Å². The molecule has 1 fully saturated rings. The molecule has 7 nitrogen and oxygen atoms in total. The second-order valence-electron chi connectivity index (χ2n) is 7.93. The van der Waals surface area contributed by atoms with Gasteiger partial charge in [-0.2, -0.15) is 0 Å². The van der Waals surface area contributed by atoms with E-state index in [0.717, 1.165) is 37.2 Å². The molecule has 1 unspecified atom stereocenters. The average molecular weight is 458 g/mol. The van der Waals surface area contributed by atoms with Gasteiger partial charge in [-0.1, -0.05) is 48.0 Å². The Morgan fingerprint density at radius 2 is 1.94 bits per heavy atom. The van der Waals surface area contributed by atoms with Crippen LogP contribution >= 0.6 is 11.6 Å². The molecule has 1 amide bonds. The first-order chi connectivity index (χ1) is 15.7. The number of aliphatic hydroxyl groups is 1. The molecule has 2 aromatic carbocycles. The molecular formula is C24H28ClN3O4. The third-order valence-corrected chi connectivity index (χ3v) is 6.21. The molecule has 2 aromatic rings. The molecule has 4 rings (SSSR count). The van der Waals surface area contributed by atoms with Gasteiger partial charge in [0.15, 0.2) is 11.8 Å². The van der Waals surface area contributed by atoms with E-state index >= 15 is 0 Å². The minimum absolute atomic E-state index is 0.102. The molecule has 1 atom stereocenters. The van der Waals surface area contributed by atoms with Gasteiger partial charge in [0.05, 0.1) is 6.61 Å². The Bertz CT molecular complexity index is 946. The molecule has 1 saturated heterocycles. The summed E-state index contributed by atoms with van der Waals surface area (Å²) in [6.45, 7) is 1.92. The van der Waals surface area contributed by atoms with Crippen molar-refractivity contribution in [2.45, 2.75) is 38.1 Å². The molecule has 2 aliphatic heterocycles. The van der Waals surface area contributed by atoms with E-state index in [1.807, 2.05) is 42.5 Å². The van der Waals surface area contributed by atoms with E-state index in [1.54, 1.807) is 6.07 Å². The number of nitrogens with zero attached hydrogens (tertiary/aromatic N) is 1. The minimum Gasteiger partial charge on any atom is -0.462 e. The van der Waals surface area contributed by atoms with E-state index < -0.39 is 6.04 Å². The van der Waals surface area contributed by atoms with Gasteiger partial charge in [0.1, 0.15) is 6.26 Å². The van der Waals surface area contributed by atoms with Gasteiger partial charge in [0.25, 0.3) is 0 Å². The largest absolute Gasteiger partial charge is 0.462 e. The normalized spacial score (nSPS) is 17.8. The molecule has 0 aromatic heterocycles. The average Bonchev–Trinajstić information content (AvgIpc) is 3.34. The summed E-state index contributed by atoms with van der Waals surface area (Å²) in [7, 11) is 0. The molecule has 0 radical (unpaired) electrons. The maximum atomic E-state index is 13.1. The fraction of sp³-hybridized carbons (Fsp3) is 0.375. The number of halogens is 1. The van der Waals surface area contributed by atoms with Crippen LogP contribution in [0.25, 0.3) is 0 Å². The van der Waals surface area contributed by atoms with E-state index in [9.17, 15) is 9.90 Å². The zero-order chi connectivity index (χ0) is 22.3. The number of aliphatic hydroxyl groups excluding tert-OH is 1. The van der Waals surface area contributed by atoms with Crippen LogP contribution in [0.4, 0.5) is 5.69 Å². The number of nitrogens with one attached hydrogen (secondary N) is 2. The molecule has 8 heteroatoms. The van der Waals surface area contributed by atoms with Gasteiger partial charge in [-0.05, 0) is 30.5 Å². The highest BCUT2D eigenvalue weighted by molar-refractivity contribution is 6.31. The number of ether oxygens (including phenoxy) is 2. The van der Waals surface area contributed by atoms with E-state index in [1.165, 1.54) is 6.26 Å². The van der Waals surface area contributed by atoms with Crippen molar-refractivity contribution >= 4 is 23.2 Å². The van der Waals surface area contributed by atoms with Crippen LogP contribution in [0.2, 0.25) is 5.02 Å². The quantitative estimate of drug-likeness (QED) is 0.564. The topological polar surface area (TPSA) is 83.1 Å². The van der Waals surface area contributed by atoms with Crippen molar-refractivity contribution in [1.29, 1.82) is 0 Å². The molecule has 0 bridgehead atoms. The van der Waals surface area contributed by atoms with Crippen molar-refractivity contribution in [2.75, 3.05) is 25.2 Å². The summed E-state index contributed by atoms with van der Waals surface area (Å²) >= 11 is 6.21. The molecule has 3 N–H and O–H groups in total. The van der Waals surface area contributed by atoms with Crippen LogP contribution in [-0.2, 0) is 27.4 Å². The number of hydrogen-bond donors (Lipinski definition) is 3. The fourth-order valence-corrected chi connectivity index (χ4v) is 4.36. The first-order valence-corrected chi connectivity index (χ1v) is 11.2. The number of piperidine rings is 1. The van der Waals surface area contributed by atoms with Gasteiger partial charge in [-0.25, -0.2) is 0 Å². The summed E-state index contributed by atoms with van der Waals surface area (Å²) in [5, 5.41) is 16.7. The zero-order valence-corrected chi connectivity index (χ0v) is 18.6. The number of anilines is 1. The first-order valence-electron chi connectivity index (χ1n) is 10.8. The number of benzene rings is 2. The lowest BCUT2D eigenvalue weighted by molar-refractivity contribution is -0.127. The second-order valence-corrected chi connectivity index (χ2v) is 8.34. The maximum absolute atomic E-state index is 13.1. The van der Waals surface area contributed by atoms with Crippen LogP contribution in [0.3, 0.4) is 0 Å². The lowest BCUT2D eigenvalue weighted by Crippen LogP contribution is -2.52. The summed E-state index contributed by atoms with van der Waals surface area (Å²) in [4.78, 5) is 15.2. The van der Waals surface area contributed by atoms with Gasteiger partial charge in [0.2, 0.25) is 12.7 Å². The summed E-state index contributed by atoms with van der Waals surface area (Å²) in [6.07, 6.45) is 3.22. The van der Waals surface area contributed by atoms with E-state index in [0.29, 0.717) is 22.9 Å². The smallest absolute Gasteiger partial charge is 0.245 e. The van der Waals surface area contributed by atoms with Crippen LogP contribution in [-0.4, -0.2) is 47.9 Å². The molecule has 2 heterocycles. The van der Waals surface area contributed by atoms with Gasteiger partial charge >= 0.3 is 0 Å². The van der Waals surface area contributed by atoms with Gasteiger partial charge in [-0.3, -0.25) is 9.69 Å². The standard InChI is InChI=1S/C24H28ClN3O4/c25-20-7-4-8-21(19(20)14-29)27-18-9-11-28(12-10-18)23(22-15-31-16-32-22)24(30)26-13-17-5-2-1-3-6-17/h1-8,15,18,23,27,29H,9-14,16H2,(H,26,30). The lowest BCUT2D eigenvalue weighted by atomic mass is 10.0. The second kappa shape index (κ2) is 10.7. The number of rotatable bonds is 8. The van der Waals surface area contributed by atoms with Crippen molar-refractivity contribution in [2.24, 2.45) is 0 Å². The van der Waals surface area contributed by atoms with E-state index in [4.69, 9.17) is 21.1 Å². The van der Waals surface area contributed by atoms with Crippen molar-refractivity contribution in [3.05, 3.63) is 76.7 Å². The molecule has 2 aliphatic rings. The molecular weight excluding hydrogens is 430 g/mol.